The summed E-state index contributed by atoms with van der Waals surface area (Å²) in [5.41, 5.74) is 7.12. The Morgan fingerprint density at radius 3 is 2.33 bits per heavy atom. The molecule has 0 aliphatic rings. The van der Waals surface area contributed by atoms with Gasteiger partial charge < -0.3 is 5.73 Å². The maximum atomic E-state index is 12.1. The van der Waals surface area contributed by atoms with Gasteiger partial charge in [0.05, 0.1) is 10.4 Å². The molecule has 5 nitrogen and oxygen atoms in total. The van der Waals surface area contributed by atoms with Crippen LogP contribution in [-0.4, -0.2) is 19.0 Å². The number of sulfonamides is 1. The predicted molar refractivity (Wildman–Crippen MR) is 74.5 cm³/mol. The lowest BCUT2D eigenvalue weighted by Crippen LogP contribution is -2.34. The molecule has 0 aliphatic heterocycles. The number of hydrogen-bond acceptors (Lipinski definition) is 3. The van der Waals surface area contributed by atoms with E-state index in [0.29, 0.717) is 11.3 Å². The summed E-state index contributed by atoms with van der Waals surface area (Å²) in [6.07, 6.45) is 0. The third-order valence-electron chi connectivity index (χ3n) is 2.60. The first kappa shape index (κ1) is 14.5. The lowest BCUT2D eigenvalue weighted by Gasteiger charge is -2.21. The first-order valence-electron chi connectivity index (χ1n) is 5.52. The highest BCUT2D eigenvalue weighted by Crippen LogP contribution is 2.23. The van der Waals surface area contributed by atoms with E-state index in [2.05, 4.69) is 4.72 Å². The third kappa shape index (κ3) is 3.01. The van der Waals surface area contributed by atoms with E-state index in [1.165, 1.54) is 0 Å². The number of anilines is 1. The molecule has 0 fully saturated rings. The summed E-state index contributed by atoms with van der Waals surface area (Å²) < 4.78 is 25.8. The van der Waals surface area contributed by atoms with E-state index >= 15 is 0 Å². The van der Waals surface area contributed by atoms with Crippen molar-refractivity contribution in [2.45, 2.75) is 32.4 Å². The van der Waals surface area contributed by atoms with E-state index < -0.39 is 14.8 Å². The molecule has 1 rings (SSSR count). The van der Waals surface area contributed by atoms with Gasteiger partial charge in [0.25, 0.3) is 0 Å². The zero-order chi connectivity index (χ0) is 14.1. The average molecular weight is 269 g/mol. The van der Waals surface area contributed by atoms with Crippen molar-refractivity contribution >= 4 is 21.5 Å². The first-order chi connectivity index (χ1) is 8.04. The van der Waals surface area contributed by atoms with Gasteiger partial charge in [-0.05, 0) is 39.3 Å². The Balaban J connectivity index is 3.20. The molecule has 0 saturated carbocycles. The third-order valence-corrected chi connectivity index (χ3v) is 4.70. The highest BCUT2D eigenvalue weighted by atomic mass is 32.2. The second-order valence-corrected chi connectivity index (χ2v) is 7.60. The molecule has 0 radical (unpaired) electrons. The van der Waals surface area contributed by atoms with Crippen LogP contribution in [0.15, 0.2) is 18.2 Å². The number of benzene rings is 1. The molecule has 18 heavy (non-hydrogen) atoms. The van der Waals surface area contributed by atoms with Gasteiger partial charge in [0.1, 0.15) is 5.84 Å². The number of aryl methyl sites for hydroxylation is 1. The molecule has 4 N–H and O–H groups in total. The lowest BCUT2D eigenvalue weighted by atomic mass is 10.1. The van der Waals surface area contributed by atoms with Crippen molar-refractivity contribution in [2.75, 3.05) is 4.72 Å². The molecule has 0 atom stereocenters. The Morgan fingerprint density at radius 1 is 1.33 bits per heavy atom. The van der Waals surface area contributed by atoms with Crippen molar-refractivity contribution < 1.29 is 8.42 Å². The molecule has 0 spiro atoms. The topological polar surface area (TPSA) is 96.0 Å². The zero-order valence-electron chi connectivity index (χ0n) is 11.0. The maximum Gasteiger partial charge on any atom is 0.237 e. The molecule has 0 bridgehead atoms. The minimum atomic E-state index is -3.48. The Labute approximate surface area is 108 Å². The fourth-order valence-corrected chi connectivity index (χ4v) is 2.01. The number of hydrogen-bond donors (Lipinski definition) is 3. The predicted octanol–water partition coefficient (Wildman–Crippen LogP) is 1.82. The Kier molecular flexibility index (Phi) is 3.71. The van der Waals surface area contributed by atoms with Crippen molar-refractivity contribution in [3.63, 3.8) is 0 Å². The van der Waals surface area contributed by atoms with Crippen LogP contribution in [0.5, 0.6) is 0 Å². The molecule has 6 heteroatoms. The molecule has 0 aliphatic carbocycles. The van der Waals surface area contributed by atoms with Gasteiger partial charge in [-0.2, -0.15) is 0 Å². The molecule has 0 heterocycles. The minimum absolute atomic E-state index is 0.0915. The monoisotopic (exact) mass is 269 g/mol. The van der Waals surface area contributed by atoms with E-state index in [-0.39, 0.29) is 5.84 Å². The van der Waals surface area contributed by atoms with Gasteiger partial charge in [0.2, 0.25) is 10.0 Å². The number of amidine groups is 1. The fraction of sp³-hybridized carbons (Fsp3) is 0.417. The van der Waals surface area contributed by atoms with Gasteiger partial charge >= 0.3 is 0 Å². The van der Waals surface area contributed by atoms with Gasteiger partial charge in [-0.25, -0.2) is 8.42 Å². The van der Waals surface area contributed by atoms with Crippen molar-refractivity contribution in [3.05, 3.63) is 29.3 Å². The van der Waals surface area contributed by atoms with E-state index in [9.17, 15) is 8.42 Å². The maximum absolute atomic E-state index is 12.1. The lowest BCUT2D eigenvalue weighted by molar-refractivity contribution is 0.566. The van der Waals surface area contributed by atoms with E-state index in [4.69, 9.17) is 11.1 Å². The number of nitrogens with two attached hydrogens (primary N) is 1. The van der Waals surface area contributed by atoms with Crippen LogP contribution < -0.4 is 10.5 Å². The van der Waals surface area contributed by atoms with Crippen LogP contribution >= 0.6 is 0 Å². The number of nitrogens with one attached hydrogen (secondary N) is 2. The van der Waals surface area contributed by atoms with Gasteiger partial charge in [-0.1, -0.05) is 12.1 Å². The summed E-state index contributed by atoms with van der Waals surface area (Å²) in [5.74, 6) is -0.0915. The molecule has 0 aromatic heterocycles. The van der Waals surface area contributed by atoms with E-state index in [0.717, 1.165) is 5.56 Å². The summed E-state index contributed by atoms with van der Waals surface area (Å²) in [6, 6.07) is 4.99. The minimum Gasteiger partial charge on any atom is -0.384 e. The van der Waals surface area contributed by atoms with Crippen LogP contribution in [-0.2, 0) is 10.0 Å². The normalized spacial score (nSPS) is 12.2. The highest BCUT2D eigenvalue weighted by molar-refractivity contribution is 7.94. The molecular weight excluding hydrogens is 250 g/mol. The Morgan fingerprint density at radius 2 is 1.89 bits per heavy atom. The summed E-state index contributed by atoms with van der Waals surface area (Å²) >= 11 is 0. The van der Waals surface area contributed by atoms with E-state index in [1.807, 2.05) is 0 Å². The van der Waals surface area contributed by atoms with Crippen molar-refractivity contribution in [1.29, 1.82) is 5.41 Å². The van der Waals surface area contributed by atoms with Crippen LogP contribution in [0.25, 0.3) is 0 Å². The van der Waals surface area contributed by atoms with Crippen molar-refractivity contribution in [3.8, 4) is 0 Å². The SMILES string of the molecule is Cc1ccc(C(=N)N)cc1NS(=O)(=O)C(C)(C)C. The Hall–Kier alpha value is -1.56. The largest absolute Gasteiger partial charge is 0.384 e. The summed E-state index contributed by atoms with van der Waals surface area (Å²) in [6.45, 7) is 6.67. The zero-order valence-corrected chi connectivity index (χ0v) is 11.9. The van der Waals surface area contributed by atoms with Crippen LogP contribution in [0.1, 0.15) is 31.9 Å². The van der Waals surface area contributed by atoms with Crippen molar-refractivity contribution in [1.82, 2.24) is 0 Å². The molecule has 0 saturated heterocycles. The fourth-order valence-electron chi connectivity index (χ4n) is 1.20. The molecule has 1 aromatic carbocycles. The van der Waals surface area contributed by atoms with Gasteiger partial charge in [-0.3, -0.25) is 10.1 Å². The average Bonchev–Trinajstić information content (AvgIpc) is 2.18. The van der Waals surface area contributed by atoms with Crippen LogP contribution in [0, 0.1) is 12.3 Å². The summed E-state index contributed by atoms with van der Waals surface area (Å²) in [5, 5.41) is 7.36. The molecule has 0 amide bonds. The van der Waals surface area contributed by atoms with Crippen LogP contribution in [0.2, 0.25) is 0 Å². The Bertz CT molecular complexity index is 571. The second-order valence-electron chi connectivity index (χ2n) is 5.16. The highest BCUT2D eigenvalue weighted by Gasteiger charge is 2.29. The molecule has 1 aromatic rings. The number of nitrogen functional groups attached to an aromatic ring is 1. The first-order valence-corrected chi connectivity index (χ1v) is 7.00. The molecule has 100 valence electrons. The van der Waals surface area contributed by atoms with Crippen molar-refractivity contribution in [2.24, 2.45) is 5.73 Å². The van der Waals surface area contributed by atoms with Crippen LogP contribution in [0.3, 0.4) is 0 Å². The summed E-state index contributed by atoms with van der Waals surface area (Å²) in [4.78, 5) is 0. The molecule has 0 unspecified atom stereocenters. The quantitative estimate of drug-likeness (QED) is 0.577. The standard InChI is InChI=1S/C12H19N3O2S/c1-8-5-6-9(11(13)14)7-10(8)15-18(16,17)12(2,3)4/h5-7,15H,1-4H3,(H3,13,14). The van der Waals surface area contributed by atoms with Gasteiger partial charge in [-0.15, -0.1) is 0 Å². The second kappa shape index (κ2) is 4.61. The van der Waals surface area contributed by atoms with Gasteiger partial charge in [0.15, 0.2) is 0 Å². The summed E-state index contributed by atoms with van der Waals surface area (Å²) in [7, 11) is -3.48. The smallest absolute Gasteiger partial charge is 0.237 e. The number of rotatable bonds is 3. The molecular formula is C12H19N3O2S. The van der Waals surface area contributed by atoms with E-state index in [1.54, 1.807) is 45.9 Å². The van der Waals surface area contributed by atoms with Gasteiger partial charge in [0, 0.05) is 5.56 Å². The van der Waals surface area contributed by atoms with Crippen LogP contribution in [0.4, 0.5) is 5.69 Å².